The molecule has 0 atom stereocenters. The number of hydrogen-bond acceptors (Lipinski definition) is 2. The Morgan fingerprint density at radius 3 is 2.45 bits per heavy atom. The van der Waals surface area contributed by atoms with Crippen molar-refractivity contribution >= 4 is 5.82 Å². The molecule has 0 amide bonds. The number of rotatable bonds is 2. The molecule has 0 saturated carbocycles. The summed E-state index contributed by atoms with van der Waals surface area (Å²) in [5, 5.41) is 10.2. The molecule has 0 aliphatic carbocycles. The van der Waals surface area contributed by atoms with Gasteiger partial charge >= 0.3 is 6.18 Å². The number of benzene rings is 1. The number of anilines is 1. The Kier molecular flexibility index (Phi) is 3.41. The van der Waals surface area contributed by atoms with Crippen LogP contribution in [0.25, 0.3) is 11.1 Å². The van der Waals surface area contributed by atoms with Crippen LogP contribution in [0.3, 0.4) is 0 Å². The molecule has 1 aromatic carbocycles. The monoisotopic (exact) mass is 284 g/mol. The Labute approximate surface area is 114 Å². The quantitative estimate of drug-likeness (QED) is 0.886. The van der Waals surface area contributed by atoms with Crippen molar-refractivity contribution in [3.8, 4) is 16.9 Å². The summed E-state index contributed by atoms with van der Waals surface area (Å²) in [6, 6.07) is 4.78. The molecule has 0 saturated heterocycles. The molecule has 2 aromatic rings. The number of aromatic nitrogens is 1. The topological polar surface area (TPSA) is 51.2 Å². The first-order valence-electron chi connectivity index (χ1n) is 6.11. The maximum absolute atomic E-state index is 12.7. The summed E-state index contributed by atoms with van der Waals surface area (Å²) in [6.45, 7) is 1.84. The van der Waals surface area contributed by atoms with Gasteiger partial charge in [-0.2, -0.15) is 13.2 Å². The lowest BCUT2D eigenvalue weighted by atomic mass is 10.0. The van der Waals surface area contributed by atoms with Gasteiger partial charge in [0, 0.05) is 7.05 Å². The summed E-state index contributed by atoms with van der Waals surface area (Å²) in [5.74, 6) is 0.186. The summed E-state index contributed by atoms with van der Waals surface area (Å²) in [5.41, 5.74) is 6.22. The molecule has 0 fully saturated rings. The molecule has 1 heterocycles. The van der Waals surface area contributed by atoms with E-state index < -0.39 is 11.7 Å². The van der Waals surface area contributed by atoms with E-state index in [4.69, 9.17) is 5.73 Å². The highest BCUT2D eigenvalue weighted by Crippen LogP contribution is 2.41. The third-order valence-corrected chi connectivity index (χ3v) is 3.35. The molecule has 2 rings (SSSR count). The number of hydrogen-bond donors (Lipinski definition) is 2. The van der Waals surface area contributed by atoms with Crippen LogP contribution in [0.5, 0.6) is 5.75 Å². The normalized spacial score (nSPS) is 11.8. The van der Waals surface area contributed by atoms with Gasteiger partial charge in [0.1, 0.15) is 11.6 Å². The van der Waals surface area contributed by atoms with Crippen LogP contribution in [-0.2, 0) is 19.6 Å². The van der Waals surface area contributed by atoms with Crippen molar-refractivity contribution in [3.05, 3.63) is 35.5 Å². The Hall–Kier alpha value is -2.11. The van der Waals surface area contributed by atoms with E-state index in [1.165, 1.54) is 12.1 Å². The highest BCUT2D eigenvalue weighted by Gasteiger charge is 2.31. The van der Waals surface area contributed by atoms with E-state index in [9.17, 15) is 18.3 Å². The van der Waals surface area contributed by atoms with E-state index in [0.717, 1.165) is 12.1 Å². The third kappa shape index (κ3) is 2.21. The second-order valence-electron chi connectivity index (χ2n) is 4.55. The van der Waals surface area contributed by atoms with Gasteiger partial charge in [-0.3, -0.25) is 0 Å². The fourth-order valence-electron chi connectivity index (χ4n) is 2.28. The van der Waals surface area contributed by atoms with Crippen molar-refractivity contribution < 1.29 is 18.3 Å². The number of nitrogens with zero attached hydrogens (tertiary/aromatic N) is 1. The average Bonchev–Trinajstić information content (AvgIpc) is 2.59. The van der Waals surface area contributed by atoms with Crippen LogP contribution in [0.15, 0.2) is 24.3 Å². The Morgan fingerprint density at radius 2 is 1.95 bits per heavy atom. The van der Waals surface area contributed by atoms with Crippen molar-refractivity contribution in [2.45, 2.75) is 19.5 Å². The van der Waals surface area contributed by atoms with Gasteiger partial charge in [0.2, 0.25) is 0 Å². The molecule has 3 N–H and O–H groups in total. The van der Waals surface area contributed by atoms with Gasteiger partial charge < -0.3 is 15.4 Å². The molecule has 0 aliphatic heterocycles. The zero-order valence-electron chi connectivity index (χ0n) is 11.1. The number of nitrogens with two attached hydrogens (primary N) is 1. The van der Waals surface area contributed by atoms with Crippen LogP contribution < -0.4 is 5.73 Å². The lowest BCUT2D eigenvalue weighted by molar-refractivity contribution is -0.137. The molecule has 0 unspecified atom stereocenters. The zero-order valence-corrected chi connectivity index (χ0v) is 11.1. The van der Waals surface area contributed by atoms with E-state index >= 15 is 0 Å². The van der Waals surface area contributed by atoms with Crippen molar-refractivity contribution in [3.63, 3.8) is 0 Å². The van der Waals surface area contributed by atoms with E-state index in [1.807, 2.05) is 6.92 Å². The lowest BCUT2D eigenvalue weighted by Crippen LogP contribution is -2.04. The third-order valence-electron chi connectivity index (χ3n) is 3.35. The summed E-state index contributed by atoms with van der Waals surface area (Å²) in [6.07, 6.45) is -3.89. The van der Waals surface area contributed by atoms with Crippen LogP contribution in [0.1, 0.15) is 18.2 Å². The number of halogens is 3. The van der Waals surface area contributed by atoms with Crippen LogP contribution >= 0.6 is 0 Å². The highest BCUT2D eigenvalue weighted by atomic mass is 19.4. The van der Waals surface area contributed by atoms with E-state index in [2.05, 4.69) is 0 Å². The minimum absolute atomic E-state index is 0.0631. The van der Waals surface area contributed by atoms with Gasteiger partial charge in [0.25, 0.3) is 0 Å². The Bertz CT molecular complexity index is 645. The van der Waals surface area contributed by atoms with Gasteiger partial charge in [0.15, 0.2) is 0 Å². The zero-order chi connectivity index (χ0) is 15.1. The highest BCUT2D eigenvalue weighted by molar-refractivity contribution is 5.82. The standard InChI is InChI=1S/C14H15F3N2O/c1-3-10-12(20)11(13(18)19(10)2)8-5-4-6-9(7-8)14(15,16)17/h4-7,20H,3,18H2,1-2H3. The predicted molar refractivity (Wildman–Crippen MR) is 71.3 cm³/mol. The van der Waals surface area contributed by atoms with E-state index in [0.29, 0.717) is 12.1 Å². The molecular weight excluding hydrogens is 269 g/mol. The first-order valence-corrected chi connectivity index (χ1v) is 6.11. The van der Waals surface area contributed by atoms with Crippen LogP contribution in [0.2, 0.25) is 0 Å². The molecule has 1 aromatic heterocycles. The second-order valence-corrected chi connectivity index (χ2v) is 4.55. The summed E-state index contributed by atoms with van der Waals surface area (Å²) >= 11 is 0. The molecule has 6 heteroatoms. The maximum atomic E-state index is 12.7. The van der Waals surface area contributed by atoms with E-state index in [1.54, 1.807) is 11.6 Å². The van der Waals surface area contributed by atoms with Gasteiger partial charge in [-0.05, 0) is 24.1 Å². The van der Waals surface area contributed by atoms with Gasteiger partial charge in [-0.1, -0.05) is 19.1 Å². The molecule has 20 heavy (non-hydrogen) atoms. The van der Waals surface area contributed by atoms with Gasteiger partial charge in [-0.15, -0.1) is 0 Å². The first kappa shape index (κ1) is 14.3. The van der Waals surface area contributed by atoms with Gasteiger partial charge in [0.05, 0.1) is 16.8 Å². The van der Waals surface area contributed by atoms with Gasteiger partial charge in [-0.25, -0.2) is 0 Å². The summed E-state index contributed by atoms with van der Waals surface area (Å²) < 4.78 is 39.8. The maximum Gasteiger partial charge on any atom is 0.416 e. The number of nitrogen functional groups attached to an aromatic ring is 1. The summed E-state index contributed by atoms with van der Waals surface area (Å²) in [4.78, 5) is 0. The SMILES string of the molecule is CCc1c(O)c(-c2cccc(C(F)(F)F)c2)c(N)n1C. The molecule has 108 valence electrons. The average molecular weight is 284 g/mol. The fourth-order valence-corrected chi connectivity index (χ4v) is 2.28. The fraction of sp³-hybridized carbons (Fsp3) is 0.286. The number of alkyl halides is 3. The number of aromatic hydroxyl groups is 1. The van der Waals surface area contributed by atoms with Crippen molar-refractivity contribution in [1.29, 1.82) is 0 Å². The second kappa shape index (κ2) is 4.77. The molecule has 3 nitrogen and oxygen atoms in total. The predicted octanol–water partition coefficient (Wildman–Crippen LogP) is 3.56. The molecular formula is C14H15F3N2O. The smallest absolute Gasteiger partial charge is 0.416 e. The minimum atomic E-state index is -4.43. The first-order chi connectivity index (χ1) is 9.27. The largest absolute Gasteiger partial charge is 0.505 e. The summed E-state index contributed by atoms with van der Waals surface area (Å²) in [7, 11) is 1.67. The van der Waals surface area contributed by atoms with Crippen molar-refractivity contribution in [2.24, 2.45) is 7.05 Å². The van der Waals surface area contributed by atoms with Crippen LogP contribution in [0, 0.1) is 0 Å². The van der Waals surface area contributed by atoms with Crippen LogP contribution in [-0.4, -0.2) is 9.67 Å². The van der Waals surface area contributed by atoms with Crippen LogP contribution in [0.4, 0.5) is 19.0 Å². The lowest BCUT2D eigenvalue weighted by Gasteiger charge is -2.09. The Balaban J connectivity index is 2.64. The molecule has 0 aliphatic rings. The molecule has 0 spiro atoms. The van der Waals surface area contributed by atoms with E-state index in [-0.39, 0.29) is 22.7 Å². The van der Waals surface area contributed by atoms with Crippen molar-refractivity contribution in [1.82, 2.24) is 4.57 Å². The Morgan fingerprint density at radius 1 is 1.30 bits per heavy atom. The molecule has 0 bridgehead atoms. The van der Waals surface area contributed by atoms with Crippen molar-refractivity contribution in [2.75, 3.05) is 5.73 Å². The molecule has 0 radical (unpaired) electrons. The minimum Gasteiger partial charge on any atom is -0.505 e.